The van der Waals surface area contributed by atoms with Gasteiger partial charge >= 0.3 is 0 Å². The lowest BCUT2D eigenvalue weighted by atomic mass is 9.91. The van der Waals surface area contributed by atoms with E-state index in [1.54, 1.807) is 11.0 Å². The Kier molecular flexibility index (Phi) is 5.25. The Morgan fingerprint density at radius 1 is 1.17 bits per heavy atom. The molecule has 2 aromatic carbocycles. The van der Waals surface area contributed by atoms with E-state index in [4.69, 9.17) is 4.74 Å². The van der Waals surface area contributed by atoms with Gasteiger partial charge in [-0.3, -0.25) is 4.90 Å². The molecule has 2 atom stereocenters. The topological polar surface area (TPSA) is 56.2 Å². The third-order valence-corrected chi connectivity index (χ3v) is 5.74. The van der Waals surface area contributed by atoms with E-state index in [1.807, 2.05) is 31.2 Å². The van der Waals surface area contributed by atoms with E-state index in [1.165, 1.54) is 0 Å². The van der Waals surface area contributed by atoms with Crippen molar-refractivity contribution in [1.29, 1.82) is 0 Å². The first-order chi connectivity index (χ1) is 13.8. The fourth-order valence-electron chi connectivity index (χ4n) is 4.22. The lowest BCUT2D eigenvalue weighted by Crippen LogP contribution is -2.57. The molecule has 2 N–H and O–H groups in total. The van der Waals surface area contributed by atoms with E-state index in [0.717, 1.165) is 30.4 Å². The average molecular weight is 403 g/mol. The Bertz CT molecular complexity index is 907. The van der Waals surface area contributed by atoms with Crippen LogP contribution in [0.3, 0.4) is 0 Å². The Balaban J connectivity index is 1.70. The Labute approximate surface area is 169 Å². The van der Waals surface area contributed by atoms with Crippen molar-refractivity contribution in [2.75, 3.05) is 13.1 Å². The summed E-state index contributed by atoms with van der Waals surface area (Å²) in [4.78, 5) is 1.60. The van der Waals surface area contributed by atoms with E-state index in [9.17, 15) is 19.0 Å². The number of phenols is 2. The molecular weight excluding hydrogens is 376 g/mol. The highest BCUT2D eigenvalue weighted by atomic mass is 19.3. The fourth-order valence-corrected chi connectivity index (χ4v) is 4.22. The molecule has 2 aliphatic rings. The summed E-state index contributed by atoms with van der Waals surface area (Å²) >= 11 is 0. The molecule has 0 bridgehead atoms. The predicted molar refractivity (Wildman–Crippen MR) is 107 cm³/mol. The van der Waals surface area contributed by atoms with Gasteiger partial charge in [-0.25, -0.2) is 8.78 Å². The van der Waals surface area contributed by atoms with Gasteiger partial charge in [-0.15, -0.1) is 0 Å². The first kappa shape index (κ1) is 20.1. The Morgan fingerprint density at radius 2 is 1.93 bits per heavy atom. The molecule has 0 aromatic heterocycles. The molecule has 29 heavy (non-hydrogen) atoms. The highest BCUT2D eigenvalue weighted by molar-refractivity contribution is 5.79. The molecule has 2 heterocycles. The number of nitrogens with zero attached hydrogens (tertiary/aromatic N) is 1. The van der Waals surface area contributed by atoms with Crippen LogP contribution in [0.1, 0.15) is 49.0 Å². The van der Waals surface area contributed by atoms with Crippen LogP contribution in [0, 0.1) is 6.92 Å². The molecule has 0 amide bonds. The van der Waals surface area contributed by atoms with Gasteiger partial charge in [-0.2, -0.15) is 0 Å². The van der Waals surface area contributed by atoms with Gasteiger partial charge in [0.05, 0.1) is 18.7 Å². The highest BCUT2D eigenvalue weighted by Gasteiger charge is 2.56. The second-order valence-corrected chi connectivity index (χ2v) is 8.23. The zero-order chi connectivity index (χ0) is 20.8. The zero-order valence-electron chi connectivity index (χ0n) is 16.8. The maximum absolute atomic E-state index is 13.3. The number of rotatable bonds is 7. The number of halogens is 2. The van der Waals surface area contributed by atoms with Crippen molar-refractivity contribution in [2.24, 2.45) is 0 Å². The van der Waals surface area contributed by atoms with Crippen LogP contribution in [0.15, 0.2) is 30.3 Å². The van der Waals surface area contributed by atoms with Crippen molar-refractivity contribution in [1.82, 2.24) is 4.90 Å². The van der Waals surface area contributed by atoms with Gasteiger partial charge in [0.2, 0.25) is 0 Å². The number of unbranched alkanes of at least 4 members (excludes halogenated alkanes) is 2. The lowest BCUT2D eigenvalue weighted by Gasteiger charge is -2.37. The Hall–Kier alpha value is -2.18. The van der Waals surface area contributed by atoms with Crippen molar-refractivity contribution >= 4 is 0 Å². The monoisotopic (exact) mass is 403 g/mol. The molecule has 4 nitrogen and oxygen atoms in total. The summed E-state index contributed by atoms with van der Waals surface area (Å²) in [6, 6.07) is 9.25. The van der Waals surface area contributed by atoms with Crippen LogP contribution in [0.2, 0.25) is 0 Å². The maximum Gasteiger partial charge on any atom is 0.273 e. The quantitative estimate of drug-likeness (QED) is 0.496. The minimum absolute atomic E-state index is 0.0121. The normalized spacial score (nSPS) is 23.0. The Morgan fingerprint density at radius 3 is 2.59 bits per heavy atom. The molecule has 156 valence electrons. The largest absolute Gasteiger partial charge is 0.507 e. The summed E-state index contributed by atoms with van der Waals surface area (Å²) < 4.78 is 32.3. The van der Waals surface area contributed by atoms with Crippen LogP contribution in [0.5, 0.6) is 11.5 Å². The number of hydrogen-bond acceptors (Lipinski definition) is 4. The summed E-state index contributed by atoms with van der Waals surface area (Å²) in [7, 11) is 0. The van der Waals surface area contributed by atoms with Gasteiger partial charge in [0.1, 0.15) is 23.8 Å². The summed E-state index contributed by atoms with van der Waals surface area (Å²) in [5.41, 5.74) is 3.54. The molecule has 2 fully saturated rings. The van der Waals surface area contributed by atoms with Crippen molar-refractivity contribution in [3.63, 3.8) is 0 Å². The first-order valence-electron chi connectivity index (χ1n) is 10.2. The molecule has 0 aliphatic carbocycles. The second-order valence-electron chi connectivity index (χ2n) is 8.23. The maximum atomic E-state index is 13.3. The summed E-state index contributed by atoms with van der Waals surface area (Å²) in [5.74, 6) is -2.65. The number of likely N-dealkylation sites (tertiary alicyclic amines) is 1. The number of aromatic hydroxyl groups is 2. The average Bonchev–Trinajstić information content (AvgIpc) is 3.39. The molecular formula is C23H27F2NO3. The van der Waals surface area contributed by atoms with E-state index in [2.05, 4.69) is 6.92 Å². The molecule has 2 aliphatic heterocycles. The van der Waals surface area contributed by atoms with Crippen molar-refractivity contribution in [3.05, 3.63) is 47.0 Å². The van der Waals surface area contributed by atoms with E-state index in [-0.39, 0.29) is 24.6 Å². The van der Waals surface area contributed by atoms with Crippen LogP contribution < -0.4 is 0 Å². The van der Waals surface area contributed by atoms with Gasteiger partial charge in [-0.05, 0) is 37.0 Å². The molecule has 2 saturated heterocycles. The third-order valence-electron chi connectivity index (χ3n) is 5.74. The van der Waals surface area contributed by atoms with Gasteiger partial charge in [0.25, 0.3) is 5.92 Å². The molecule has 1 unspecified atom stereocenters. The SMILES string of the molecule is CCCCCc1cc(O)c(-c2cccc(C)c2)c(O)c1[C@H]1OC1N1CC(F)(F)C1. The molecule has 4 rings (SSSR count). The number of hydrogen-bond donors (Lipinski definition) is 2. The number of aryl methyl sites for hydroxylation is 2. The first-order valence-corrected chi connectivity index (χ1v) is 10.2. The summed E-state index contributed by atoms with van der Waals surface area (Å²) in [6.07, 6.45) is 2.81. The van der Waals surface area contributed by atoms with E-state index in [0.29, 0.717) is 23.1 Å². The molecule has 0 radical (unpaired) electrons. The van der Waals surface area contributed by atoms with Crippen molar-refractivity contribution < 1.29 is 23.7 Å². The van der Waals surface area contributed by atoms with Crippen LogP contribution in [0.4, 0.5) is 8.78 Å². The standard InChI is InChI=1S/C23H27F2NO3/c1-3-4-5-8-16-11-17(27)18(15-9-6-7-14(2)10-15)20(28)19(16)21-22(29-21)26-12-23(24,25)13-26/h6-7,9-11,21-22,27-28H,3-5,8,12-13H2,1-2H3/t21-,22?/m1/s1. The number of phenolic OH excluding ortho intramolecular Hbond substituents is 2. The van der Waals surface area contributed by atoms with E-state index < -0.39 is 18.3 Å². The number of ether oxygens (including phenoxy) is 1. The predicted octanol–water partition coefficient (Wildman–Crippen LogP) is 5.15. The van der Waals surface area contributed by atoms with Crippen LogP contribution >= 0.6 is 0 Å². The number of alkyl halides is 2. The smallest absolute Gasteiger partial charge is 0.273 e. The van der Waals surface area contributed by atoms with Crippen LogP contribution in [-0.2, 0) is 11.2 Å². The zero-order valence-corrected chi connectivity index (χ0v) is 16.8. The van der Waals surface area contributed by atoms with Crippen LogP contribution in [0.25, 0.3) is 11.1 Å². The molecule has 0 spiro atoms. The number of epoxide rings is 1. The fraction of sp³-hybridized carbons (Fsp3) is 0.478. The van der Waals surface area contributed by atoms with Crippen molar-refractivity contribution in [3.8, 4) is 22.6 Å². The second kappa shape index (κ2) is 7.58. The highest BCUT2D eigenvalue weighted by Crippen LogP contribution is 2.53. The molecule has 6 heteroatoms. The number of benzene rings is 2. The lowest BCUT2D eigenvalue weighted by molar-refractivity contribution is -0.144. The van der Waals surface area contributed by atoms with E-state index >= 15 is 0 Å². The summed E-state index contributed by atoms with van der Waals surface area (Å²) in [6.45, 7) is 3.42. The van der Waals surface area contributed by atoms with Gasteiger partial charge < -0.3 is 14.9 Å². The summed E-state index contributed by atoms with van der Waals surface area (Å²) in [5, 5.41) is 21.8. The van der Waals surface area contributed by atoms with Gasteiger partial charge in [0.15, 0.2) is 0 Å². The van der Waals surface area contributed by atoms with Crippen LogP contribution in [-0.4, -0.2) is 40.4 Å². The molecule has 2 aromatic rings. The third kappa shape index (κ3) is 3.96. The van der Waals surface area contributed by atoms with Crippen molar-refractivity contribution in [2.45, 2.75) is 57.8 Å². The van der Waals surface area contributed by atoms with Gasteiger partial charge in [-0.1, -0.05) is 49.6 Å². The molecule has 0 saturated carbocycles. The minimum atomic E-state index is -2.66. The minimum Gasteiger partial charge on any atom is -0.507 e. The van der Waals surface area contributed by atoms with Gasteiger partial charge in [0, 0.05) is 5.56 Å².